The first-order chi connectivity index (χ1) is 8.69. The summed E-state index contributed by atoms with van der Waals surface area (Å²) in [5.74, 6) is 0.473. The van der Waals surface area contributed by atoms with Crippen LogP contribution in [0.3, 0.4) is 0 Å². The molecule has 0 bridgehead atoms. The van der Waals surface area contributed by atoms with Crippen molar-refractivity contribution in [2.24, 2.45) is 0 Å². The number of phenolic OH excluding ortho intramolecular Hbond substituents is 1. The van der Waals surface area contributed by atoms with Crippen LogP contribution in [0.1, 0.15) is 5.56 Å². The van der Waals surface area contributed by atoms with Crippen molar-refractivity contribution in [3.8, 4) is 11.5 Å². The molecule has 1 rings (SSSR count). The summed E-state index contributed by atoms with van der Waals surface area (Å²) in [4.78, 5) is 0. The van der Waals surface area contributed by atoms with Crippen molar-refractivity contribution in [1.29, 1.82) is 0 Å². The highest BCUT2D eigenvalue weighted by molar-refractivity contribution is 5.41. The van der Waals surface area contributed by atoms with Crippen LogP contribution in [0, 0.1) is 0 Å². The quantitative estimate of drug-likeness (QED) is 0.602. The fourth-order valence-corrected chi connectivity index (χ4v) is 1.06. The predicted octanol–water partition coefficient (Wildman–Crippen LogP) is 2.27. The second-order valence-corrected chi connectivity index (χ2v) is 3.28. The third-order valence-corrected chi connectivity index (χ3v) is 1.90. The lowest BCUT2D eigenvalue weighted by atomic mass is 10.2. The summed E-state index contributed by atoms with van der Waals surface area (Å²) in [6.45, 7) is 8.14. The van der Waals surface area contributed by atoms with E-state index < -0.39 is 0 Å². The number of aliphatic hydroxyl groups excluding tert-OH is 1. The van der Waals surface area contributed by atoms with Crippen molar-refractivity contribution in [3.63, 3.8) is 0 Å². The van der Waals surface area contributed by atoms with E-state index in [1.807, 2.05) is 0 Å². The molecule has 1 aromatic rings. The molecule has 0 aliphatic carbocycles. The van der Waals surface area contributed by atoms with Crippen LogP contribution in [0.2, 0.25) is 0 Å². The maximum absolute atomic E-state index is 9.12. The molecule has 0 aromatic heterocycles. The molecule has 4 heteroatoms. The molecule has 0 saturated heterocycles. The van der Waals surface area contributed by atoms with E-state index >= 15 is 0 Å². The number of aromatic hydroxyl groups is 1. The molecule has 18 heavy (non-hydrogen) atoms. The molecule has 0 fully saturated rings. The van der Waals surface area contributed by atoms with Crippen molar-refractivity contribution in [1.82, 2.24) is 0 Å². The minimum absolute atomic E-state index is 0.0450. The molecule has 0 saturated carbocycles. The van der Waals surface area contributed by atoms with Crippen LogP contribution in [0.4, 0.5) is 0 Å². The molecule has 4 nitrogen and oxygen atoms in total. The molecule has 0 radical (unpaired) electrons. The summed E-state index contributed by atoms with van der Waals surface area (Å²) in [5.41, 5.74) is 0.722. The van der Waals surface area contributed by atoms with Gasteiger partial charge in [0.25, 0.3) is 0 Å². The molecule has 0 unspecified atom stereocenters. The first kappa shape index (κ1) is 16.2. The lowest BCUT2D eigenvalue weighted by Gasteiger charge is -2.03. The zero-order valence-electron chi connectivity index (χ0n) is 10.6. The molecular weight excluding hydrogens is 232 g/mol. The first-order valence-electron chi connectivity index (χ1n) is 5.45. The Balaban J connectivity index is 0.000000360. The minimum Gasteiger partial charge on any atom is -0.504 e. The maximum Gasteiger partial charge on any atom is 0.160 e. The zero-order valence-corrected chi connectivity index (χ0v) is 10.6. The number of methoxy groups -OCH3 is 1. The summed E-state index contributed by atoms with van der Waals surface area (Å²) >= 11 is 0. The molecule has 0 heterocycles. The topological polar surface area (TPSA) is 58.9 Å². The Morgan fingerprint density at radius 3 is 2.28 bits per heavy atom. The molecule has 1 aromatic carbocycles. The van der Waals surface area contributed by atoms with Crippen LogP contribution >= 0.6 is 0 Å². The van der Waals surface area contributed by atoms with Gasteiger partial charge >= 0.3 is 0 Å². The third-order valence-electron chi connectivity index (χ3n) is 1.90. The molecular formula is C14H20O4. The number of hydrogen-bond donors (Lipinski definition) is 2. The lowest BCUT2D eigenvalue weighted by molar-refractivity contribution is 0.194. The average molecular weight is 252 g/mol. The van der Waals surface area contributed by atoms with E-state index in [1.54, 1.807) is 24.3 Å². The van der Waals surface area contributed by atoms with Gasteiger partial charge in [-0.15, -0.1) is 13.2 Å². The standard InChI is InChI=1S/C8H10O3.C6H10O/c1-11-8-4-6(5-9)2-3-7(8)10;1-3-5-7-6-4-2/h2-4,9-10H,5H2,1H3;3-4H,1-2,5-6H2. The Morgan fingerprint density at radius 1 is 1.22 bits per heavy atom. The van der Waals surface area contributed by atoms with Gasteiger partial charge in [0.05, 0.1) is 26.9 Å². The van der Waals surface area contributed by atoms with Crippen LogP contribution in [0.15, 0.2) is 43.5 Å². The van der Waals surface area contributed by atoms with Gasteiger partial charge in [0.15, 0.2) is 11.5 Å². The molecule has 0 spiro atoms. The fraction of sp³-hybridized carbons (Fsp3) is 0.286. The van der Waals surface area contributed by atoms with Crippen molar-refractivity contribution in [2.45, 2.75) is 6.61 Å². The molecule has 2 N–H and O–H groups in total. The highest BCUT2D eigenvalue weighted by atomic mass is 16.5. The monoisotopic (exact) mass is 252 g/mol. The zero-order chi connectivity index (χ0) is 13.8. The molecule has 0 aliphatic heterocycles. The molecule has 0 aliphatic rings. The van der Waals surface area contributed by atoms with Crippen molar-refractivity contribution < 1.29 is 19.7 Å². The van der Waals surface area contributed by atoms with Crippen LogP contribution in [0.5, 0.6) is 11.5 Å². The SMILES string of the molecule is C=CCOCC=C.COc1cc(CO)ccc1O. The summed E-state index contributed by atoms with van der Waals surface area (Å²) < 4.78 is 9.72. The van der Waals surface area contributed by atoms with Crippen molar-refractivity contribution in [2.75, 3.05) is 20.3 Å². The van der Waals surface area contributed by atoms with Gasteiger partial charge in [-0.2, -0.15) is 0 Å². The molecule has 0 atom stereocenters. The Hall–Kier alpha value is -1.78. The Kier molecular flexibility index (Phi) is 9.35. The van der Waals surface area contributed by atoms with Gasteiger partial charge in [0, 0.05) is 0 Å². The second-order valence-electron chi connectivity index (χ2n) is 3.28. The van der Waals surface area contributed by atoms with Crippen molar-refractivity contribution >= 4 is 0 Å². The lowest BCUT2D eigenvalue weighted by Crippen LogP contribution is -1.87. The Bertz CT molecular complexity index is 353. The number of ether oxygens (including phenoxy) is 2. The Labute approximate surface area is 108 Å². The van der Waals surface area contributed by atoms with E-state index in [1.165, 1.54) is 13.2 Å². The third kappa shape index (κ3) is 6.73. The summed E-state index contributed by atoms with van der Waals surface area (Å²) in [6, 6.07) is 4.72. The van der Waals surface area contributed by atoms with Gasteiger partial charge in [0.1, 0.15) is 0 Å². The normalized spacial score (nSPS) is 9.00. The minimum atomic E-state index is -0.0450. The number of benzene rings is 1. The van der Waals surface area contributed by atoms with Crippen molar-refractivity contribution in [3.05, 3.63) is 49.1 Å². The largest absolute Gasteiger partial charge is 0.504 e. The first-order valence-corrected chi connectivity index (χ1v) is 5.45. The predicted molar refractivity (Wildman–Crippen MR) is 71.8 cm³/mol. The molecule has 0 amide bonds. The number of rotatable bonds is 6. The summed E-state index contributed by atoms with van der Waals surface area (Å²) in [7, 11) is 1.47. The fourth-order valence-electron chi connectivity index (χ4n) is 1.06. The smallest absolute Gasteiger partial charge is 0.160 e. The van der Waals surface area contributed by atoms with Crippen LogP contribution in [0.25, 0.3) is 0 Å². The van der Waals surface area contributed by atoms with Gasteiger partial charge in [-0.1, -0.05) is 18.2 Å². The number of aliphatic hydroxyl groups is 1. The van der Waals surface area contributed by atoms with E-state index in [-0.39, 0.29) is 12.4 Å². The van der Waals surface area contributed by atoms with Gasteiger partial charge in [-0.05, 0) is 17.7 Å². The van der Waals surface area contributed by atoms with Crippen LogP contribution < -0.4 is 4.74 Å². The van der Waals surface area contributed by atoms with E-state index in [0.29, 0.717) is 19.0 Å². The van der Waals surface area contributed by atoms with Crippen LogP contribution in [-0.2, 0) is 11.3 Å². The summed E-state index contributed by atoms with van der Waals surface area (Å²) in [6.07, 6.45) is 3.42. The maximum atomic E-state index is 9.12. The van der Waals surface area contributed by atoms with E-state index in [9.17, 15) is 0 Å². The second kappa shape index (κ2) is 10.4. The van der Waals surface area contributed by atoms with Crippen LogP contribution in [-0.4, -0.2) is 30.5 Å². The number of hydrogen-bond acceptors (Lipinski definition) is 4. The van der Waals surface area contributed by atoms with E-state index in [0.717, 1.165) is 5.56 Å². The Morgan fingerprint density at radius 2 is 1.83 bits per heavy atom. The summed E-state index contributed by atoms with van der Waals surface area (Å²) in [5, 5.41) is 17.8. The van der Waals surface area contributed by atoms with E-state index in [4.69, 9.17) is 19.7 Å². The van der Waals surface area contributed by atoms with Gasteiger partial charge in [0.2, 0.25) is 0 Å². The average Bonchev–Trinajstić information content (AvgIpc) is 2.41. The highest BCUT2D eigenvalue weighted by Gasteiger charge is 2.00. The molecule has 100 valence electrons. The van der Waals surface area contributed by atoms with Gasteiger partial charge < -0.3 is 19.7 Å². The highest BCUT2D eigenvalue weighted by Crippen LogP contribution is 2.25. The van der Waals surface area contributed by atoms with Gasteiger partial charge in [-0.25, -0.2) is 0 Å². The number of phenols is 1. The van der Waals surface area contributed by atoms with Gasteiger partial charge in [-0.3, -0.25) is 0 Å². The van der Waals surface area contributed by atoms with E-state index in [2.05, 4.69) is 13.2 Å².